The van der Waals surface area contributed by atoms with Crippen molar-refractivity contribution in [2.75, 3.05) is 19.6 Å². The van der Waals surface area contributed by atoms with Crippen LogP contribution in [0.2, 0.25) is 8.67 Å². The maximum atomic E-state index is 12.2. The third-order valence-corrected chi connectivity index (χ3v) is 6.44. The van der Waals surface area contributed by atoms with Crippen LogP contribution in [0.4, 0.5) is 0 Å². The average Bonchev–Trinajstić information content (AvgIpc) is 2.68. The van der Waals surface area contributed by atoms with Gasteiger partial charge in [-0.15, -0.1) is 11.3 Å². The predicted octanol–water partition coefficient (Wildman–Crippen LogP) is 2.72. The lowest BCUT2D eigenvalue weighted by molar-refractivity contribution is 0.238. The van der Waals surface area contributed by atoms with Crippen molar-refractivity contribution < 1.29 is 8.42 Å². The maximum absolute atomic E-state index is 12.2. The van der Waals surface area contributed by atoms with Gasteiger partial charge in [0.1, 0.15) is 9.23 Å². The van der Waals surface area contributed by atoms with Crippen LogP contribution in [-0.4, -0.2) is 28.1 Å². The Morgan fingerprint density at radius 1 is 1.53 bits per heavy atom. The SMILES string of the molecule is CC1(CNS(=O)(=O)c2cc(Cl)sc2Cl)CCCNC1. The maximum Gasteiger partial charge on any atom is 0.242 e. The van der Waals surface area contributed by atoms with Gasteiger partial charge in [-0.3, -0.25) is 0 Å². The number of hydrogen-bond acceptors (Lipinski definition) is 4. The van der Waals surface area contributed by atoms with Crippen LogP contribution in [0.5, 0.6) is 0 Å². The Morgan fingerprint density at radius 3 is 2.79 bits per heavy atom. The summed E-state index contributed by atoms with van der Waals surface area (Å²) in [7, 11) is -3.59. The van der Waals surface area contributed by atoms with E-state index in [0.717, 1.165) is 37.3 Å². The Morgan fingerprint density at radius 2 is 2.26 bits per heavy atom. The first kappa shape index (κ1) is 15.5. The summed E-state index contributed by atoms with van der Waals surface area (Å²) < 4.78 is 27.6. The van der Waals surface area contributed by atoms with Crippen molar-refractivity contribution in [3.63, 3.8) is 0 Å². The van der Waals surface area contributed by atoms with E-state index in [1.54, 1.807) is 0 Å². The molecule has 19 heavy (non-hydrogen) atoms. The number of thiophene rings is 1. The molecule has 1 unspecified atom stereocenters. The minimum atomic E-state index is -3.59. The zero-order chi connectivity index (χ0) is 14.1. The summed E-state index contributed by atoms with van der Waals surface area (Å²) in [5.41, 5.74) is -0.0579. The molecule has 1 aliphatic heterocycles. The van der Waals surface area contributed by atoms with Crippen LogP contribution in [0.3, 0.4) is 0 Å². The quantitative estimate of drug-likeness (QED) is 0.884. The molecule has 2 heterocycles. The summed E-state index contributed by atoms with van der Waals surface area (Å²) in [6.07, 6.45) is 2.06. The van der Waals surface area contributed by atoms with Gasteiger partial charge >= 0.3 is 0 Å². The van der Waals surface area contributed by atoms with Crippen LogP contribution in [0, 0.1) is 5.41 Å². The van der Waals surface area contributed by atoms with Crippen LogP contribution in [0.1, 0.15) is 19.8 Å². The molecule has 8 heteroatoms. The zero-order valence-corrected chi connectivity index (χ0v) is 13.6. The Labute approximate surface area is 127 Å². The molecule has 1 aromatic rings. The van der Waals surface area contributed by atoms with E-state index in [1.807, 2.05) is 0 Å². The summed E-state index contributed by atoms with van der Waals surface area (Å²) in [5, 5.41) is 3.29. The third-order valence-electron chi connectivity index (χ3n) is 3.29. The molecule has 108 valence electrons. The summed E-state index contributed by atoms with van der Waals surface area (Å²) in [6, 6.07) is 1.39. The molecule has 1 aromatic heterocycles. The Hall–Kier alpha value is 0.150. The van der Waals surface area contributed by atoms with Gasteiger partial charge in [0, 0.05) is 13.1 Å². The highest BCUT2D eigenvalue weighted by Gasteiger charge is 2.29. The lowest BCUT2D eigenvalue weighted by Gasteiger charge is -2.34. The molecular weight excluding hydrogens is 327 g/mol. The monoisotopic (exact) mass is 342 g/mol. The van der Waals surface area contributed by atoms with Gasteiger partial charge in [-0.1, -0.05) is 30.1 Å². The average molecular weight is 343 g/mol. The van der Waals surface area contributed by atoms with Crippen molar-refractivity contribution in [2.45, 2.75) is 24.7 Å². The number of nitrogens with one attached hydrogen (secondary N) is 2. The van der Waals surface area contributed by atoms with E-state index in [9.17, 15) is 8.42 Å². The van der Waals surface area contributed by atoms with Gasteiger partial charge in [-0.25, -0.2) is 13.1 Å². The minimum Gasteiger partial charge on any atom is -0.316 e. The molecule has 0 bridgehead atoms. The predicted molar refractivity (Wildman–Crippen MR) is 79.7 cm³/mol. The van der Waals surface area contributed by atoms with Crippen molar-refractivity contribution in [1.82, 2.24) is 10.0 Å². The Balaban J connectivity index is 2.07. The van der Waals surface area contributed by atoms with Crippen molar-refractivity contribution in [3.8, 4) is 0 Å². The van der Waals surface area contributed by atoms with E-state index in [-0.39, 0.29) is 14.6 Å². The number of halogens is 2. The molecule has 0 radical (unpaired) electrons. The second kappa shape index (κ2) is 5.87. The van der Waals surface area contributed by atoms with Crippen LogP contribution in [-0.2, 0) is 10.0 Å². The molecule has 4 nitrogen and oxygen atoms in total. The van der Waals surface area contributed by atoms with Gasteiger partial charge in [-0.05, 0) is 30.9 Å². The van der Waals surface area contributed by atoms with Crippen molar-refractivity contribution >= 4 is 44.6 Å². The molecule has 0 spiro atoms. The van der Waals surface area contributed by atoms with E-state index < -0.39 is 10.0 Å². The number of hydrogen-bond donors (Lipinski definition) is 2. The summed E-state index contributed by atoms with van der Waals surface area (Å²) in [6.45, 7) is 4.28. The second-order valence-corrected chi connectivity index (χ2v) is 9.12. The second-order valence-electron chi connectivity index (χ2n) is 5.10. The van der Waals surface area contributed by atoms with Crippen molar-refractivity contribution in [3.05, 3.63) is 14.7 Å². The molecule has 2 rings (SSSR count). The third kappa shape index (κ3) is 3.83. The first-order valence-corrected chi connectivity index (χ1v) is 9.03. The molecule has 0 amide bonds. The highest BCUT2D eigenvalue weighted by molar-refractivity contribution is 7.89. The number of rotatable bonds is 4. The molecule has 2 N–H and O–H groups in total. The highest BCUT2D eigenvalue weighted by Crippen LogP contribution is 2.34. The van der Waals surface area contributed by atoms with Gasteiger partial charge in [0.2, 0.25) is 10.0 Å². The van der Waals surface area contributed by atoms with Crippen LogP contribution in [0.15, 0.2) is 11.0 Å². The largest absolute Gasteiger partial charge is 0.316 e. The smallest absolute Gasteiger partial charge is 0.242 e. The first-order valence-electron chi connectivity index (χ1n) is 5.98. The molecule has 0 saturated carbocycles. The Bertz CT molecular complexity index is 551. The van der Waals surface area contributed by atoms with Crippen LogP contribution in [0.25, 0.3) is 0 Å². The van der Waals surface area contributed by atoms with Crippen molar-refractivity contribution in [1.29, 1.82) is 0 Å². The fourth-order valence-corrected chi connectivity index (χ4v) is 5.47. The number of sulfonamides is 1. The zero-order valence-electron chi connectivity index (χ0n) is 10.5. The van der Waals surface area contributed by atoms with Crippen LogP contribution < -0.4 is 10.0 Å². The van der Waals surface area contributed by atoms with Gasteiger partial charge in [0.15, 0.2) is 0 Å². The van der Waals surface area contributed by atoms with Gasteiger partial charge in [-0.2, -0.15) is 0 Å². The lowest BCUT2D eigenvalue weighted by atomic mass is 9.83. The van der Waals surface area contributed by atoms with Crippen molar-refractivity contribution in [2.24, 2.45) is 5.41 Å². The topological polar surface area (TPSA) is 58.2 Å². The lowest BCUT2D eigenvalue weighted by Crippen LogP contribution is -2.45. The molecule has 1 aliphatic rings. The van der Waals surface area contributed by atoms with Gasteiger partial charge in [0.05, 0.1) is 4.34 Å². The molecular formula is C11H16Cl2N2O2S2. The molecule has 1 saturated heterocycles. The van der Waals surface area contributed by atoms with E-state index in [2.05, 4.69) is 17.0 Å². The van der Waals surface area contributed by atoms with E-state index in [1.165, 1.54) is 6.07 Å². The standard InChI is InChI=1S/C11H16Cl2N2O2S2/c1-11(3-2-4-14-6-11)7-15-19(16,17)8-5-9(12)18-10(8)13/h5,14-15H,2-4,6-7H2,1H3. The van der Waals surface area contributed by atoms with E-state index in [4.69, 9.17) is 23.2 Å². The number of piperidine rings is 1. The summed E-state index contributed by atoms with van der Waals surface area (Å²) >= 11 is 12.7. The van der Waals surface area contributed by atoms with Gasteiger partial charge < -0.3 is 5.32 Å². The molecule has 1 fully saturated rings. The minimum absolute atomic E-state index is 0.0579. The molecule has 0 aliphatic carbocycles. The van der Waals surface area contributed by atoms with E-state index >= 15 is 0 Å². The Kier molecular flexibility index (Phi) is 4.80. The van der Waals surface area contributed by atoms with Crippen LogP contribution >= 0.6 is 34.5 Å². The summed E-state index contributed by atoms with van der Waals surface area (Å²) in [5.74, 6) is 0. The first-order chi connectivity index (χ1) is 8.82. The molecule has 0 aromatic carbocycles. The normalized spacial score (nSPS) is 24.6. The fraction of sp³-hybridized carbons (Fsp3) is 0.636. The highest BCUT2D eigenvalue weighted by atomic mass is 35.5. The fourth-order valence-electron chi connectivity index (χ4n) is 2.12. The molecule has 1 atom stereocenters. The van der Waals surface area contributed by atoms with E-state index in [0.29, 0.717) is 10.9 Å². The van der Waals surface area contributed by atoms with Gasteiger partial charge in [0.25, 0.3) is 0 Å². The summed E-state index contributed by atoms with van der Waals surface area (Å²) in [4.78, 5) is 0.0662.